The summed E-state index contributed by atoms with van der Waals surface area (Å²) in [5.41, 5.74) is 3.47. The molecule has 0 bridgehead atoms. The molecular formula is C21H26N4O2S. The van der Waals surface area contributed by atoms with Gasteiger partial charge < -0.3 is 14.3 Å². The Hall–Kier alpha value is -2.54. The number of carbonyl (C=O) groups is 1. The highest BCUT2D eigenvalue weighted by atomic mass is 32.2. The van der Waals surface area contributed by atoms with Crippen molar-refractivity contribution in [2.45, 2.75) is 38.3 Å². The van der Waals surface area contributed by atoms with E-state index in [9.17, 15) is 4.79 Å². The normalized spacial score (nSPS) is 11.2. The number of amides is 1. The number of nitrogens with zero attached hydrogens (tertiary/aromatic N) is 3. The van der Waals surface area contributed by atoms with Crippen LogP contribution in [0.1, 0.15) is 36.7 Å². The minimum Gasteiger partial charge on any atom is -0.469 e. The minimum atomic E-state index is -0.00663. The first-order valence-corrected chi connectivity index (χ1v) is 10.4. The summed E-state index contributed by atoms with van der Waals surface area (Å²) >= 11 is 1.38. The number of nitrogens with one attached hydrogen (secondary N) is 1. The maximum absolute atomic E-state index is 12.1. The van der Waals surface area contributed by atoms with Crippen molar-refractivity contribution < 1.29 is 9.21 Å². The van der Waals surface area contributed by atoms with E-state index in [2.05, 4.69) is 53.6 Å². The molecular weight excluding hydrogens is 372 g/mol. The van der Waals surface area contributed by atoms with E-state index in [1.165, 1.54) is 22.9 Å². The predicted octanol–water partition coefficient (Wildman–Crippen LogP) is 3.96. The van der Waals surface area contributed by atoms with Crippen LogP contribution in [0.15, 0.2) is 46.2 Å². The van der Waals surface area contributed by atoms with E-state index < -0.39 is 0 Å². The Morgan fingerprint density at radius 3 is 2.61 bits per heavy atom. The van der Waals surface area contributed by atoms with Gasteiger partial charge in [0.25, 0.3) is 0 Å². The largest absolute Gasteiger partial charge is 0.469 e. The molecule has 2 heterocycles. The third-order valence-corrected chi connectivity index (χ3v) is 5.67. The molecule has 0 saturated carbocycles. The number of hydrogen-bond acceptors (Lipinski definition) is 5. The molecule has 3 aromatic rings. The predicted molar refractivity (Wildman–Crippen MR) is 111 cm³/mol. The molecule has 0 atom stereocenters. The molecule has 0 unspecified atom stereocenters. The van der Waals surface area contributed by atoms with Crippen LogP contribution in [0.2, 0.25) is 0 Å². The molecule has 0 fully saturated rings. The van der Waals surface area contributed by atoms with Gasteiger partial charge in [-0.3, -0.25) is 4.79 Å². The first-order chi connectivity index (χ1) is 13.5. The number of rotatable bonds is 8. The van der Waals surface area contributed by atoms with E-state index in [0.29, 0.717) is 23.4 Å². The number of hydrogen-bond donors (Lipinski definition) is 1. The standard InChI is InChI=1S/C21H26N4O2S/c1-14(2)17-7-5-16(6-8-17)9-11-22-19(26)13-28-21-24-23-20(25(21)4)18-10-12-27-15(18)3/h5-8,10,12,14H,9,11,13H2,1-4H3,(H,22,26). The SMILES string of the molecule is Cc1occc1-c1nnc(SCC(=O)NCCc2ccc(C(C)C)cc2)n1C. The second kappa shape index (κ2) is 9.10. The highest BCUT2D eigenvalue weighted by molar-refractivity contribution is 7.99. The van der Waals surface area contributed by atoms with Crippen molar-refractivity contribution in [3.05, 3.63) is 53.5 Å². The van der Waals surface area contributed by atoms with Crippen LogP contribution in [0, 0.1) is 6.92 Å². The molecule has 1 aromatic carbocycles. The fraction of sp³-hybridized carbons (Fsp3) is 0.381. The zero-order valence-electron chi connectivity index (χ0n) is 16.7. The highest BCUT2D eigenvalue weighted by Gasteiger charge is 2.15. The lowest BCUT2D eigenvalue weighted by Crippen LogP contribution is -2.27. The van der Waals surface area contributed by atoms with Gasteiger partial charge in [0.2, 0.25) is 5.91 Å². The van der Waals surface area contributed by atoms with Crippen molar-refractivity contribution in [3.8, 4) is 11.4 Å². The molecule has 0 spiro atoms. The van der Waals surface area contributed by atoms with Crippen LogP contribution >= 0.6 is 11.8 Å². The minimum absolute atomic E-state index is 0.00663. The Labute approximate surface area is 169 Å². The quantitative estimate of drug-likeness (QED) is 0.582. The molecule has 0 aliphatic heterocycles. The van der Waals surface area contributed by atoms with E-state index in [1.54, 1.807) is 6.26 Å². The van der Waals surface area contributed by atoms with E-state index in [0.717, 1.165) is 23.6 Å². The van der Waals surface area contributed by atoms with Crippen LogP contribution in [-0.2, 0) is 18.3 Å². The first-order valence-electron chi connectivity index (χ1n) is 9.38. The Morgan fingerprint density at radius 1 is 1.21 bits per heavy atom. The van der Waals surface area contributed by atoms with Gasteiger partial charge >= 0.3 is 0 Å². The molecule has 1 N–H and O–H groups in total. The van der Waals surface area contributed by atoms with Crippen molar-refractivity contribution in [1.82, 2.24) is 20.1 Å². The second-order valence-corrected chi connectivity index (χ2v) is 7.98. The Balaban J connectivity index is 1.46. The number of aryl methyl sites for hydroxylation is 1. The second-order valence-electron chi connectivity index (χ2n) is 7.04. The summed E-state index contributed by atoms with van der Waals surface area (Å²) in [5, 5.41) is 12.1. The van der Waals surface area contributed by atoms with E-state index >= 15 is 0 Å². The molecule has 0 aliphatic rings. The molecule has 28 heavy (non-hydrogen) atoms. The molecule has 0 saturated heterocycles. The zero-order valence-corrected chi connectivity index (χ0v) is 17.5. The summed E-state index contributed by atoms with van der Waals surface area (Å²) in [6.45, 7) is 6.88. The van der Waals surface area contributed by atoms with Gasteiger partial charge in [-0.15, -0.1) is 10.2 Å². The number of furan rings is 1. The van der Waals surface area contributed by atoms with Crippen molar-refractivity contribution >= 4 is 17.7 Å². The summed E-state index contributed by atoms with van der Waals surface area (Å²) in [4.78, 5) is 12.1. The molecule has 0 aliphatic carbocycles. The van der Waals surface area contributed by atoms with Gasteiger partial charge in [0.05, 0.1) is 17.6 Å². The lowest BCUT2D eigenvalue weighted by molar-refractivity contribution is -0.118. The van der Waals surface area contributed by atoms with Gasteiger partial charge in [-0.1, -0.05) is 49.9 Å². The summed E-state index contributed by atoms with van der Waals surface area (Å²) < 4.78 is 7.21. The smallest absolute Gasteiger partial charge is 0.230 e. The summed E-state index contributed by atoms with van der Waals surface area (Å²) in [5.74, 6) is 2.37. The molecule has 6 nitrogen and oxygen atoms in total. The molecule has 1 amide bonds. The fourth-order valence-corrected chi connectivity index (χ4v) is 3.63. The molecule has 3 rings (SSSR count). The third kappa shape index (κ3) is 4.84. The summed E-state index contributed by atoms with van der Waals surface area (Å²) in [6, 6.07) is 10.5. The molecule has 7 heteroatoms. The number of benzene rings is 1. The van der Waals surface area contributed by atoms with E-state index in [-0.39, 0.29) is 5.91 Å². The molecule has 148 valence electrons. The maximum atomic E-state index is 12.1. The van der Waals surface area contributed by atoms with E-state index in [4.69, 9.17) is 4.42 Å². The van der Waals surface area contributed by atoms with Crippen LogP contribution in [0.5, 0.6) is 0 Å². The first kappa shape index (κ1) is 20.2. The van der Waals surface area contributed by atoms with Gasteiger partial charge in [-0.2, -0.15) is 0 Å². The van der Waals surface area contributed by atoms with Crippen molar-refractivity contribution in [2.24, 2.45) is 7.05 Å². The lowest BCUT2D eigenvalue weighted by Gasteiger charge is -2.08. The topological polar surface area (TPSA) is 72.9 Å². The van der Waals surface area contributed by atoms with Crippen molar-refractivity contribution in [2.75, 3.05) is 12.3 Å². The van der Waals surface area contributed by atoms with Crippen molar-refractivity contribution in [1.29, 1.82) is 0 Å². The Kier molecular flexibility index (Phi) is 6.57. The average molecular weight is 399 g/mol. The average Bonchev–Trinajstić information content (AvgIpc) is 3.25. The van der Waals surface area contributed by atoms with Gasteiger partial charge in [-0.25, -0.2) is 0 Å². The van der Waals surface area contributed by atoms with Gasteiger partial charge in [0.15, 0.2) is 11.0 Å². The summed E-state index contributed by atoms with van der Waals surface area (Å²) in [6.07, 6.45) is 2.46. The monoisotopic (exact) mass is 398 g/mol. The van der Waals surface area contributed by atoms with Crippen molar-refractivity contribution in [3.63, 3.8) is 0 Å². The molecule has 2 aromatic heterocycles. The Morgan fingerprint density at radius 2 is 1.96 bits per heavy atom. The Bertz CT molecular complexity index is 928. The van der Waals surface area contributed by atoms with Gasteiger partial charge in [0.1, 0.15) is 5.76 Å². The maximum Gasteiger partial charge on any atom is 0.230 e. The third-order valence-electron chi connectivity index (χ3n) is 4.65. The van der Waals surface area contributed by atoms with Crippen LogP contribution < -0.4 is 5.32 Å². The van der Waals surface area contributed by atoms with E-state index in [1.807, 2.05) is 24.6 Å². The van der Waals surface area contributed by atoms with Crippen LogP contribution in [-0.4, -0.2) is 33.0 Å². The lowest BCUT2D eigenvalue weighted by atomic mass is 10.0. The highest BCUT2D eigenvalue weighted by Crippen LogP contribution is 2.25. The van der Waals surface area contributed by atoms with Gasteiger partial charge in [0, 0.05) is 13.6 Å². The number of carbonyl (C=O) groups excluding carboxylic acids is 1. The fourth-order valence-electron chi connectivity index (χ4n) is 2.89. The molecule has 0 radical (unpaired) electrons. The van der Waals surface area contributed by atoms with Crippen LogP contribution in [0.3, 0.4) is 0 Å². The van der Waals surface area contributed by atoms with Crippen LogP contribution in [0.4, 0.5) is 0 Å². The van der Waals surface area contributed by atoms with Crippen LogP contribution in [0.25, 0.3) is 11.4 Å². The van der Waals surface area contributed by atoms with Gasteiger partial charge in [-0.05, 0) is 36.5 Å². The number of thioether (sulfide) groups is 1. The number of aromatic nitrogens is 3. The summed E-state index contributed by atoms with van der Waals surface area (Å²) in [7, 11) is 1.89. The zero-order chi connectivity index (χ0) is 20.1.